The molecule has 0 saturated heterocycles. The van der Waals surface area contributed by atoms with Crippen LogP contribution in [0.4, 0.5) is 5.69 Å². The van der Waals surface area contributed by atoms with E-state index in [0.29, 0.717) is 0 Å². The molecule has 0 fully saturated rings. The van der Waals surface area contributed by atoms with Crippen LogP contribution in [-0.2, 0) is 22.9 Å². The number of benzene rings is 1. The second-order valence-corrected chi connectivity index (χ2v) is 6.85. The SMILES string of the molecule is CN(c1ccc2c(c1)CCCC2)S(=O)(=O)CCN. The fourth-order valence-electron chi connectivity index (χ4n) is 2.36. The van der Waals surface area contributed by atoms with Crippen molar-refractivity contribution in [3.8, 4) is 0 Å². The average Bonchev–Trinajstić information content (AvgIpc) is 2.37. The smallest absolute Gasteiger partial charge is 0.236 e. The van der Waals surface area contributed by atoms with Gasteiger partial charge in [-0.2, -0.15) is 0 Å². The predicted molar refractivity (Wildman–Crippen MR) is 74.3 cm³/mol. The molecule has 1 aliphatic rings. The highest BCUT2D eigenvalue weighted by Crippen LogP contribution is 2.26. The Morgan fingerprint density at radius 1 is 1.22 bits per heavy atom. The first kappa shape index (κ1) is 13.4. The predicted octanol–water partition coefficient (Wildman–Crippen LogP) is 1.29. The molecule has 1 aromatic rings. The Bertz CT molecular complexity index is 526. The van der Waals surface area contributed by atoms with Gasteiger partial charge in [0.25, 0.3) is 0 Å². The fraction of sp³-hybridized carbons (Fsp3) is 0.538. The van der Waals surface area contributed by atoms with Gasteiger partial charge >= 0.3 is 0 Å². The van der Waals surface area contributed by atoms with Crippen molar-refractivity contribution in [1.29, 1.82) is 0 Å². The molecule has 1 aromatic carbocycles. The van der Waals surface area contributed by atoms with E-state index < -0.39 is 10.0 Å². The first-order chi connectivity index (χ1) is 8.54. The number of sulfonamides is 1. The summed E-state index contributed by atoms with van der Waals surface area (Å²) in [6.07, 6.45) is 4.58. The zero-order valence-electron chi connectivity index (χ0n) is 10.7. The lowest BCUT2D eigenvalue weighted by Gasteiger charge is -2.22. The Hall–Kier alpha value is -1.07. The van der Waals surface area contributed by atoms with E-state index in [1.165, 1.54) is 28.3 Å². The summed E-state index contributed by atoms with van der Waals surface area (Å²) in [5.41, 5.74) is 8.72. The zero-order chi connectivity index (χ0) is 13.2. The van der Waals surface area contributed by atoms with Gasteiger partial charge in [-0.3, -0.25) is 4.31 Å². The van der Waals surface area contributed by atoms with Crippen LogP contribution in [0.3, 0.4) is 0 Å². The number of fused-ring (bicyclic) bond motifs is 1. The number of rotatable bonds is 4. The minimum atomic E-state index is -3.28. The highest BCUT2D eigenvalue weighted by Gasteiger charge is 2.19. The van der Waals surface area contributed by atoms with Gasteiger partial charge in [0, 0.05) is 13.6 Å². The summed E-state index contributed by atoms with van der Waals surface area (Å²) < 4.78 is 25.2. The number of hydrogen-bond acceptors (Lipinski definition) is 3. The number of aryl methyl sites for hydroxylation is 2. The van der Waals surface area contributed by atoms with Gasteiger partial charge < -0.3 is 5.73 Å². The third kappa shape index (κ3) is 2.67. The summed E-state index contributed by atoms with van der Waals surface area (Å²) >= 11 is 0. The van der Waals surface area contributed by atoms with Crippen molar-refractivity contribution in [3.63, 3.8) is 0 Å². The molecule has 0 aromatic heterocycles. The molecular weight excluding hydrogens is 248 g/mol. The molecule has 1 aliphatic carbocycles. The van der Waals surface area contributed by atoms with E-state index in [4.69, 9.17) is 5.73 Å². The Balaban J connectivity index is 2.29. The van der Waals surface area contributed by atoms with E-state index in [0.717, 1.165) is 18.5 Å². The van der Waals surface area contributed by atoms with Crippen LogP contribution in [0.15, 0.2) is 18.2 Å². The first-order valence-corrected chi connectivity index (χ1v) is 7.94. The van der Waals surface area contributed by atoms with E-state index in [1.54, 1.807) is 7.05 Å². The second-order valence-electron chi connectivity index (χ2n) is 4.73. The van der Waals surface area contributed by atoms with E-state index >= 15 is 0 Å². The van der Waals surface area contributed by atoms with Crippen LogP contribution in [-0.4, -0.2) is 27.8 Å². The van der Waals surface area contributed by atoms with Gasteiger partial charge in [-0.1, -0.05) is 6.07 Å². The van der Waals surface area contributed by atoms with E-state index in [2.05, 4.69) is 6.07 Å². The van der Waals surface area contributed by atoms with E-state index in [1.807, 2.05) is 12.1 Å². The van der Waals surface area contributed by atoms with E-state index in [9.17, 15) is 8.42 Å². The maximum Gasteiger partial charge on any atom is 0.236 e. The molecule has 18 heavy (non-hydrogen) atoms. The monoisotopic (exact) mass is 268 g/mol. The lowest BCUT2D eigenvalue weighted by molar-refractivity contribution is 0.594. The van der Waals surface area contributed by atoms with Gasteiger partial charge in [-0.15, -0.1) is 0 Å². The van der Waals surface area contributed by atoms with Crippen LogP contribution in [0, 0.1) is 0 Å². The molecule has 0 unspecified atom stereocenters. The van der Waals surface area contributed by atoms with Crippen LogP contribution >= 0.6 is 0 Å². The number of anilines is 1. The molecule has 0 radical (unpaired) electrons. The molecular formula is C13H20N2O2S. The highest BCUT2D eigenvalue weighted by atomic mass is 32.2. The summed E-state index contributed by atoms with van der Waals surface area (Å²) in [5.74, 6) is -0.0133. The number of hydrogen-bond donors (Lipinski definition) is 1. The minimum Gasteiger partial charge on any atom is -0.329 e. The molecule has 4 nitrogen and oxygen atoms in total. The Kier molecular flexibility index (Phi) is 3.92. The first-order valence-electron chi connectivity index (χ1n) is 6.33. The van der Waals surface area contributed by atoms with Gasteiger partial charge in [-0.05, 0) is 48.9 Å². The summed E-state index contributed by atoms with van der Waals surface area (Å²) in [6, 6.07) is 5.94. The van der Waals surface area contributed by atoms with Crippen LogP contribution in [0.1, 0.15) is 24.0 Å². The molecule has 0 atom stereocenters. The molecule has 2 N–H and O–H groups in total. The van der Waals surface area contributed by atoms with Crippen molar-refractivity contribution in [3.05, 3.63) is 29.3 Å². The Morgan fingerprint density at radius 2 is 1.89 bits per heavy atom. The minimum absolute atomic E-state index is 0.0133. The van der Waals surface area contributed by atoms with Gasteiger partial charge in [0.15, 0.2) is 0 Å². The lowest BCUT2D eigenvalue weighted by Crippen LogP contribution is -2.32. The van der Waals surface area contributed by atoms with Gasteiger partial charge in [0.2, 0.25) is 10.0 Å². The Morgan fingerprint density at radius 3 is 2.56 bits per heavy atom. The number of nitrogens with zero attached hydrogens (tertiary/aromatic N) is 1. The normalized spacial score (nSPS) is 15.2. The fourth-order valence-corrected chi connectivity index (χ4v) is 3.37. The van der Waals surface area contributed by atoms with Crippen molar-refractivity contribution < 1.29 is 8.42 Å². The van der Waals surface area contributed by atoms with Crippen molar-refractivity contribution in [2.45, 2.75) is 25.7 Å². The summed E-state index contributed by atoms with van der Waals surface area (Å²) in [6.45, 7) is 0.150. The third-order valence-electron chi connectivity index (χ3n) is 3.49. The standard InChI is InChI=1S/C13H20N2O2S/c1-15(18(16,17)9-8-14)13-7-6-11-4-2-3-5-12(11)10-13/h6-7,10H,2-5,8-9,14H2,1H3. The lowest BCUT2D eigenvalue weighted by atomic mass is 9.91. The summed E-state index contributed by atoms with van der Waals surface area (Å²) in [5, 5.41) is 0. The maximum atomic E-state index is 11.9. The van der Waals surface area contributed by atoms with E-state index in [-0.39, 0.29) is 12.3 Å². The van der Waals surface area contributed by atoms with Gasteiger partial charge in [0.05, 0.1) is 11.4 Å². The molecule has 0 saturated carbocycles. The molecule has 0 heterocycles. The van der Waals surface area contributed by atoms with Crippen LogP contribution in [0.2, 0.25) is 0 Å². The van der Waals surface area contributed by atoms with Gasteiger partial charge in [0.1, 0.15) is 0 Å². The highest BCUT2D eigenvalue weighted by molar-refractivity contribution is 7.92. The molecule has 2 rings (SSSR count). The van der Waals surface area contributed by atoms with Gasteiger partial charge in [-0.25, -0.2) is 8.42 Å². The topological polar surface area (TPSA) is 63.4 Å². The molecule has 0 bridgehead atoms. The Labute approximate surface area is 109 Å². The van der Waals surface area contributed by atoms with Crippen LogP contribution < -0.4 is 10.0 Å². The van der Waals surface area contributed by atoms with Crippen molar-refractivity contribution in [2.75, 3.05) is 23.7 Å². The van der Waals surface area contributed by atoms with Crippen molar-refractivity contribution in [2.24, 2.45) is 5.73 Å². The third-order valence-corrected chi connectivity index (χ3v) is 5.29. The molecule has 100 valence electrons. The van der Waals surface area contributed by atoms with Crippen molar-refractivity contribution >= 4 is 15.7 Å². The molecule has 0 aliphatic heterocycles. The average molecular weight is 268 g/mol. The van der Waals surface area contributed by atoms with Crippen LogP contribution in [0.5, 0.6) is 0 Å². The second kappa shape index (κ2) is 5.28. The largest absolute Gasteiger partial charge is 0.329 e. The molecule has 5 heteroatoms. The molecule has 0 amide bonds. The van der Waals surface area contributed by atoms with Crippen LogP contribution in [0.25, 0.3) is 0 Å². The summed E-state index contributed by atoms with van der Waals surface area (Å²) in [7, 11) is -1.69. The molecule has 0 spiro atoms. The quantitative estimate of drug-likeness (QED) is 0.895. The maximum absolute atomic E-state index is 11.9. The zero-order valence-corrected chi connectivity index (χ0v) is 11.5. The number of nitrogens with two attached hydrogens (primary N) is 1. The summed E-state index contributed by atoms with van der Waals surface area (Å²) in [4.78, 5) is 0. The van der Waals surface area contributed by atoms with Crippen molar-refractivity contribution in [1.82, 2.24) is 0 Å².